The highest BCUT2D eigenvalue weighted by atomic mass is 16.7. The van der Waals surface area contributed by atoms with E-state index in [1.165, 1.54) is 14.0 Å². The van der Waals surface area contributed by atoms with Gasteiger partial charge in [-0.15, -0.1) is 0 Å². The first kappa shape index (κ1) is 51.0. The maximum atomic E-state index is 14.4. The summed E-state index contributed by atoms with van der Waals surface area (Å²) in [7, 11) is 11.0. The summed E-state index contributed by atoms with van der Waals surface area (Å²) in [4.78, 5) is 32.5. The van der Waals surface area contributed by atoms with Gasteiger partial charge in [0.05, 0.1) is 47.6 Å². The molecule has 18 atom stereocenters. The van der Waals surface area contributed by atoms with Crippen LogP contribution in [0.4, 0.5) is 0 Å². The number of ketones is 1. The fourth-order valence-corrected chi connectivity index (χ4v) is 9.48. The fraction of sp³-hybridized carbons (Fsp3) is 0.953. The summed E-state index contributed by atoms with van der Waals surface area (Å²) in [6, 6.07) is -0.277. The SMILES string of the molecule is CC[C@H]1OC(=O)[C@H](C)[C@@H](OC2CC(C)(OC)C(OCCCN(C)C)C(C)O2)[C@H](C)[C@@H](OC2OC(C)CC(N(C)C)C2O)[C@](C)(OC)C[C@@H](C)C(=O)[C@H](C)C(O)[C@]1(C)O. The minimum absolute atomic E-state index is 0.125. The summed E-state index contributed by atoms with van der Waals surface area (Å²) in [5.41, 5.74) is -4.02. The number of rotatable bonds is 13. The molecule has 3 rings (SSSR count). The largest absolute Gasteiger partial charge is 0.459 e. The molecule has 9 unspecified atom stereocenters. The Labute approximate surface area is 348 Å². The molecule has 0 bridgehead atoms. The van der Waals surface area contributed by atoms with E-state index in [9.17, 15) is 24.9 Å². The van der Waals surface area contributed by atoms with Gasteiger partial charge < -0.3 is 63.0 Å². The first-order chi connectivity index (χ1) is 26.9. The van der Waals surface area contributed by atoms with E-state index in [4.69, 9.17) is 37.9 Å². The number of Topliss-reactive ketones (excluding diaryl/α,β-unsaturated/α-hetero) is 1. The van der Waals surface area contributed by atoms with E-state index in [2.05, 4.69) is 4.90 Å². The van der Waals surface area contributed by atoms with Crippen LogP contribution in [0.5, 0.6) is 0 Å². The summed E-state index contributed by atoms with van der Waals surface area (Å²) < 4.78 is 51.6. The van der Waals surface area contributed by atoms with Crippen molar-refractivity contribution in [2.24, 2.45) is 23.7 Å². The van der Waals surface area contributed by atoms with Crippen LogP contribution < -0.4 is 0 Å². The number of hydrogen-bond acceptors (Lipinski definition) is 15. The second-order valence-corrected chi connectivity index (χ2v) is 18.6. The Bertz CT molecular complexity index is 1300. The molecule has 0 spiro atoms. The maximum Gasteiger partial charge on any atom is 0.311 e. The maximum absolute atomic E-state index is 14.4. The fourth-order valence-electron chi connectivity index (χ4n) is 9.48. The van der Waals surface area contributed by atoms with E-state index in [1.807, 2.05) is 67.7 Å². The van der Waals surface area contributed by atoms with Crippen LogP contribution in [0.25, 0.3) is 0 Å². The molecule has 15 heteroatoms. The van der Waals surface area contributed by atoms with Crippen molar-refractivity contribution >= 4 is 11.8 Å². The molecule has 3 heterocycles. The van der Waals surface area contributed by atoms with E-state index in [0.29, 0.717) is 13.0 Å². The average molecular weight is 833 g/mol. The van der Waals surface area contributed by atoms with Crippen LogP contribution >= 0.6 is 0 Å². The van der Waals surface area contributed by atoms with Crippen LogP contribution in [0.15, 0.2) is 0 Å². The minimum atomic E-state index is -1.96. The van der Waals surface area contributed by atoms with Crippen molar-refractivity contribution in [2.75, 3.05) is 55.6 Å². The molecule has 15 nitrogen and oxygen atoms in total. The molecule has 0 aliphatic carbocycles. The molecule has 58 heavy (non-hydrogen) atoms. The zero-order valence-corrected chi connectivity index (χ0v) is 38.4. The smallest absolute Gasteiger partial charge is 0.311 e. The van der Waals surface area contributed by atoms with Gasteiger partial charge in [-0.25, -0.2) is 0 Å². The van der Waals surface area contributed by atoms with Crippen LogP contribution in [0, 0.1) is 23.7 Å². The average Bonchev–Trinajstić information content (AvgIpc) is 3.16. The lowest BCUT2D eigenvalue weighted by atomic mass is 9.74. The molecule has 0 saturated carbocycles. The standard InChI is InChI=1S/C43H80N2O13/c1-17-31-43(10,50)36(48)26(4)33(46)24(2)22-41(8,51-15)37(58-40-34(47)30(45(13)14)21-25(3)54-40)27(5)35(28(6)39(49)56-31)57-32-23-42(9,52-16)38(29(7)55-32)53-20-18-19-44(11)12/h24-32,34-38,40,47-48,50H,17-23H2,1-16H3/t24-,25?,26+,27+,28-,29?,30?,31-,32?,34?,35+,36?,37-,38?,40?,41-,42?,43-/m1/s1. The topological polar surface area (TPSA) is 175 Å². The van der Waals surface area contributed by atoms with Crippen molar-refractivity contribution in [2.45, 2.75) is 186 Å². The van der Waals surface area contributed by atoms with Gasteiger partial charge >= 0.3 is 5.97 Å². The molecule has 3 aliphatic heterocycles. The van der Waals surface area contributed by atoms with Gasteiger partial charge in [0.25, 0.3) is 0 Å². The predicted molar refractivity (Wildman–Crippen MR) is 218 cm³/mol. The van der Waals surface area contributed by atoms with Crippen LogP contribution in [0.2, 0.25) is 0 Å². The number of carbonyl (C=O) groups excluding carboxylic acids is 2. The second kappa shape index (κ2) is 21.2. The molecule has 0 aromatic rings. The van der Waals surface area contributed by atoms with Gasteiger partial charge in [-0.05, 0) is 102 Å². The number of likely N-dealkylation sites (N-methyl/N-ethyl adjacent to an activating group) is 1. The first-order valence-corrected chi connectivity index (χ1v) is 21.4. The van der Waals surface area contributed by atoms with Crippen LogP contribution in [0.1, 0.15) is 101 Å². The molecule has 0 radical (unpaired) electrons. The normalized spacial score (nSPS) is 45.3. The Kier molecular flexibility index (Phi) is 18.6. The Hall–Kier alpha value is -1.34. The van der Waals surface area contributed by atoms with Crippen molar-refractivity contribution in [1.29, 1.82) is 0 Å². The summed E-state index contributed by atoms with van der Waals surface area (Å²) >= 11 is 0. The third-order valence-electron chi connectivity index (χ3n) is 13.3. The van der Waals surface area contributed by atoms with E-state index >= 15 is 0 Å². The molecule has 0 amide bonds. The van der Waals surface area contributed by atoms with Crippen molar-refractivity contribution in [3.05, 3.63) is 0 Å². The predicted octanol–water partition coefficient (Wildman–Crippen LogP) is 3.42. The molecular weight excluding hydrogens is 752 g/mol. The highest BCUT2D eigenvalue weighted by molar-refractivity contribution is 5.83. The minimum Gasteiger partial charge on any atom is -0.459 e. The van der Waals surface area contributed by atoms with Gasteiger partial charge in [-0.1, -0.05) is 27.7 Å². The molecular formula is C43H80N2O13. The third-order valence-corrected chi connectivity index (χ3v) is 13.3. The van der Waals surface area contributed by atoms with Gasteiger partial charge in [0.2, 0.25) is 0 Å². The lowest BCUT2D eigenvalue weighted by Gasteiger charge is -2.50. The van der Waals surface area contributed by atoms with E-state index in [0.717, 1.165) is 13.0 Å². The number of esters is 1. The van der Waals surface area contributed by atoms with Crippen LogP contribution in [0.3, 0.4) is 0 Å². The lowest BCUT2D eigenvalue weighted by Crippen LogP contribution is -2.61. The van der Waals surface area contributed by atoms with Gasteiger partial charge in [0.15, 0.2) is 12.6 Å². The Balaban J connectivity index is 2.17. The number of nitrogens with zero attached hydrogens (tertiary/aromatic N) is 2. The third kappa shape index (κ3) is 11.8. The zero-order valence-electron chi connectivity index (χ0n) is 38.4. The van der Waals surface area contributed by atoms with Crippen molar-refractivity contribution in [1.82, 2.24) is 9.80 Å². The molecule has 3 aliphatic rings. The van der Waals surface area contributed by atoms with Crippen molar-refractivity contribution in [3.63, 3.8) is 0 Å². The van der Waals surface area contributed by atoms with Crippen LogP contribution in [-0.4, -0.2) is 177 Å². The molecule has 0 aromatic carbocycles. The first-order valence-electron chi connectivity index (χ1n) is 21.4. The monoisotopic (exact) mass is 833 g/mol. The van der Waals surface area contributed by atoms with E-state index in [1.54, 1.807) is 34.8 Å². The van der Waals surface area contributed by atoms with E-state index < -0.39 is 102 Å². The number of aliphatic hydroxyl groups excluding tert-OH is 2. The number of ether oxygens (including phenoxy) is 8. The summed E-state index contributed by atoms with van der Waals surface area (Å²) in [5.74, 6) is -4.37. The second-order valence-electron chi connectivity index (χ2n) is 18.6. The molecule has 0 aromatic heterocycles. The highest BCUT2D eigenvalue weighted by Gasteiger charge is 2.54. The van der Waals surface area contributed by atoms with Gasteiger partial charge in [0, 0.05) is 51.0 Å². The van der Waals surface area contributed by atoms with Crippen molar-refractivity contribution in [3.8, 4) is 0 Å². The molecule has 3 N–H and O–H groups in total. The Morgan fingerprint density at radius 1 is 0.845 bits per heavy atom. The van der Waals surface area contributed by atoms with Gasteiger partial charge in [-0.2, -0.15) is 0 Å². The van der Waals surface area contributed by atoms with E-state index in [-0.39, 0.29) is 37.2 Å². The zero-order chi connectivity index (χ0) is 44.1. The number of aliphatic hydroxyl groups is 3. The molecule has 3 saturated heterocycles. The van der Waals surface area contributed by atoms with Crippen LogP contribution in [-0.2, 0) is 47.5 Å². The summed E-state index contributed by atoms with van der Waals surface area (Å²) in [6.07, 6.45) is -6.81. The molecule has 340 valence electrons. The number of hydrogen-bond donors (Lipinski definition) is 3. The number of methoxy groups -OCH3 is 2. The van der Waals surface area contributed by atoms with Gasteiger partial charge in [-0.3, -0.25) is 9.59 Å². The molecule has 3 fully saturated rings. The Morgan fingerprint density at radius 3 is 2.00 bits per heavy atom. The summed E-state index contributed by atoms with van der Waals surface area (Å²) in [6.45, 7) is 19.0. The number of carbonyl (C=O) groups is 2. The Morgan fingerprint density at radius 2 is 1.45 bits per heavy atom. The highest BCUT2D eigenvalue weighted by Crippen LogP contribution is 2.42. The lowest BCUT2D eigenvalue weighted by molar-refractivity contribution is -0.322. The quantitative estimate of drug-likeness (QED) is 0.182. The summed E-state index contributed by atoms with van der Waals surface area (Å²) in [5, 5.41) is 35.0. The van der Waals surface area contributed by atoms with Gasteiger partial charge in [0.1, 0.15) is 29.7 Å². The van der Waals surface area contributed by atoms with Crippen molar-refractivity contribution < 1.29 is 62.8 Å². The number of cyclic esters (lactones) is 1.